The third-order valence-corrected chi connectivity index (χ3v) is 3.36. The zero-order chi connectivity index (χ0) is 14.7. The topological polar surface area (TPSA) is 52.6 Å². The average Bonchev–Trinajstić information content (AvgIpc) is 2.37. The first-order valence-corrected chi connectivity index (χ1v) is 6.87. The van der Waals surface area contributed by atoms with Gasteiger partial charge in [-0.05, 0) is 37.5 Å². The molecule has 20 heavy (non-hydrogen) atoms. The molecule has 1 fully saturated rings. The Morgan fingerprint density at radius 3 is 2.30 bits per heavy atom. The summed E-state index contributed by atoms with van der Waals surface area (Å²) in [7, 11) is 1.59. The number of ketones is 2. The van der Waals surface area contributed by atoms with Gasteiger partial charge in [-0.1, -0.05) is 6.07 Å². The first-order valence-electron chi connectivity index (χ1n) is 6.87. The number of benzene rings is 1. The molecular weight excluding hydrogens is 256 g/mol. The molecule has 0 atom stereocenters. The van der Waals surface area contributed by atoms with Gasteiger partial charge in [0.2, 0.25) is 0 Å². The van der Waals surface area contributed by atoms with Crippen molar-refractivity contribution in [2.45, 2.75) is 45.1 Å². The summed E-state index contributed by atoms with van der Waals surface area (Å²) in [6, 6.07) is 5.63. The highest BCUT2D eigenvalue weighted by molar-refractivity contribution is 6.02. The minimum absolute atomic E-state index is 0.0210. The Kier molecular flexibility index (Phi) is 4.42. The highest BCUT2D eigenvalue weighted by Gasteiger charge is 2.27. The van der Waals surface area contributed by atoms with Crippen LogP contribution < -0.4 is 9.47 Å². The standard InChI is InChI=1S/C16H20O4/c1-10(2)20-15-5-4-11(8-16(15)19-3)12-6-13(17)9-14(18)7-12/h4-5,8,10,12H,6-7,9H2,1-3H3. The van der Waals surface area contributed by atoms with Crippen molar-refractivity contribution in [3.8, 4) is 11.5 Å². The molecule has 0 unspecified atom stereocenters. The largest absolute Gasteiger partial charge is 0.493 e. The smallest absolute Gasteiger partial charge is 0.161 e. The molecular formula is C16H20O4. The van der Waals surface area contributed by atoms with Crippen molar-refractivity contribution < 1.29 is 19.1 Å². The van der Waals surface area contributed by atoms with Crippen molar-refractivity contribution in [2.24, 2.45) is 0 Å². The van der Waals surface area contributed by atoms with Gasteiger partial charge in [0.15, 0.2) is 11.5 Å². The minimum Gasteiger partial charge on any atom is -0.493 e. The number of ether oxygens (including phenoxy) is 2. The van der Waals surface area contributed by atoms with E-state index in [-0.39, 0.29) is 30.0 Å². The van der Waals surface area contributed by atoms with E-state index in [4.69, 9.17) is 9.47 Å². The van der Waals surface area contributed by atoms with Crippen LogP contribution in [0.15, 0.2) is 18.2 Å². The number of hydrogen-bond donors (Lipinski definition) is 0. The van der Waals surface area contributed by atoms with Gasteiger partial charge in [-0.2, -0.15) is 0 Å². The zero-order valence-corrected chi connectivity index (χ0v) is 12.1. The first-order chi connectivity index (χ1) is 9.49. The molecule has 0 radical (unpaired) electrons. The summed E-state index contributed by atoms with van der Waals surface area (Å²) >= 11 is 0. The van der Waals surface area contributed by atoms with Crippen LogP contribution in [0.1, 0.15) is 44.6 Å². The van der Waals surface area contributed by atoms with E-state index in [9.17, 15) is 9.59 Å². The molecule has 2 rings (SSSR count). The van der Waals surface area contributed by atoms with Crippen LogP contribution in [-0.4, -0.2) is 24.8 Å². The number of Topliss-reactive ketones (excluding diaryl/α,β-unsaturated/α-hetero) is 2. The Bertz CT molecular complexity index is 503. The third-order valence-electron chi connectivity index (χ3n) is 3.36. The molecule has 1 aromatic carbocycles. The Hall–Kier alpha value is -1.84. The van der Waals surface area contributed by atoms with E-state index in [1.54, 1.807) is 7.11 Å². The second-order valence-electron chi connectivity index (χ2n) is 5.44. The lowest BCUT2D eigenvalue weighted by molar-refractivity contribution is -0.130. The second-order valence-corrected chi connectivity index (χ2v) is 5.44. The maximum Gasteiger partial charge on any atom is 0.161 e. The summed E-state index contributed by atoms with van der Waals surface area (Å²) in [6.45, 7) is 3.90. The highest BCUT2D eigenvalue weighted by atomic mass is 16.5. The Morgan fingerprint density at radius 2 is 1.75 bits per heavy atom. The lowest BCUT2D eigenvalue weighted by atomic mass is 9.82. The second kappa shape index (κ2) is 6.07. The summed E-state index contributed by atoms with van der Waals surface area (Å²) in [5.74, 6) is 1.33. The number of methoxy groups -OCH3 is 1. The number of carbonyl (C=O) groups excluding carboxylic acids is 2. The van der Waals surface area contributed by atoms with Gasteiger partial charge < -0.3 is 9.47 Å². The quantitative estimate of drug-likeness (QED) is 0.793. The molecule has 0 bridgehead atoms. The molecule has 1 aromatic rings. The maximum atomic E-state index is 11.5. The van der Waals surface area contributed by atoms with Gasteiger partial charge >= 0.3 is 0 Å². The fourth-order valence-electron chi connectivity index (χ4n) is 2.51. The van der Waals surface area contributed by atoms with Crippen LogP contribution in [0.5, 0.6) is 11.5 Å². The van der Waals surface area contributed by atoms with E-state index in [0.29, 0.717) is 24.3 Å². The zero-order valence-electron chi connectivity index (χ0n) is 12.1. The van der Waals surface area contributed by atoms with Crippen molar-refractivity contribution in [3.63, 3.8) is 0 Å². The molecule has 4 heteroatoms. The molecule has 0 aliphatic heterocycles. The Labute approximate surface area is 119 Å². The maximum absolute atomic E-state index is 11.5. The van der Waals surface area contributed by atoms with Gasteiger partial charge in [-0.25, -0.2) is 0 Å². The molecule has 0 saturated heterocycles. The van der Waals surface area contributed by atoms with E-state index >= 15 is 0 Å². The minimum atomic E-state index is -0.0363. The predicted molar refractivity (Wildman–Crippen MR) is 75.4 cm³/mol. The number of hydrogen-bond acceptors (Lipinski definition) is 4. The van der Waals surface area contributed by atoms with E-state index in [2.05, 4.69) is 0 Å². The third kappa shape index (κ3) is 3.38. The van der Waals surface area contributed by atoms with E-state index < -0.39 is 0 Å². The van der Waals surface area contributed by atoms with Crippen LogP contribution in [0.3, 0.4) is 0 Å². The Balaban J connectivity index is 2.24. The van der Waals surface area contributed by atoms with Gasteiger partial charge in [-0.15, -0.1) is 0 Å². The van der Waals surface area contributed by atoms with E-state index in [1.165, 1.54) is 0 Å². The normalized spacial score (nSPS) is 16.6. The molecule has 108 valence electrons. The first kappa shape index (κ1) is 14.6. The van der Waals surface area contributed by atoms with Crippen molar-refractivity contribution in [2.75, 3.05) is 7.11 Å². The van der Waals surface area contributed by atoms with Gasteiger partial charge in [0.1, 0.15) is 11.6 Å². The van der Waals surface area contributed by atoms with Gasteiger partial charge in [0, 0.05) is 12.8 Å². The van der Waals surface area contributed by atoms with Crippen LogP contribution >= 0.6 is 0 Å². The molecule has 0 spiro atoms. The van der Waals surface area contributed by atoms with Gasteiger partial charge in [0.05, 0.1) is 19.6 Å². The summed E-state index contributed by atoms with van der Waals surface area (Å²) in [6.07, 6.45) is 1.01. The highest BCUT2D eigenvalue weighted by Crippen LogP contribution is 2.35. The van der Waals surface area contributed by atoms with Crippen molar-refractivity contribution in [1.29, 1.82) is 0 Å². The van der Waals surface area contributed by atoms with Crippen LogP contribution in [0, 0.1) is 0 Å². The molecule has 0 heterocycles. The molecule has 1 saturated carbocycles. The molecule has 0 N–H and O–H groups in total. The SMILES string of the molecule is COc1cc(C2CC(=O)CC(=O)C2)ccc1OC(C)C. The molecule has 1 aliphatic carbocycles. The van der Waals surface area contributed by atoms with E-state index in [1.807, 2.05) is 32.0 Å². The van der Waals surface area contributed by atoms with Crippen molar-refractivity contribution in [3.05, 3.63) is 23.8 Å². The number of carbonyl (C=O) groups is 2. The molecule has 1 aliphatic rings. The number of rotatable bonds is 4. The Morgan fingerprint density at radius 1 is 1.10 bits per heavy atom. The van der Waals surface area contributed by atoms with E-state index in [0.717, 1.165) is 5.56 Å². The lowest BCUT2D eigenvalue weighted by Gasteiger charge is -2.22. The average molecular weight is 276 g/mol. The monoisotopic (exact) mass is 276 g/mol. The van der Waals surface area contributed by atoms with Crippen LogP contribution in [0.4, 0.5) is 0 Å². The van der Waals surface area contributed by atoms with Crippen molar-refractivity contribution in [1.82, 2.24) is 0 Å². The molecule has 0 aromatic heterocycles. The van der Waals surface area contributed by atoms with Gasteiger partial charge in [-0.3, -0.25) is 9.59 Å². The van der Waals surface area contributed by atoms with Gasteiger partial charge in [0.25, 0.3) is 0 Å². The fraction of sp³-hybridized carbons (Fsp3) is 0.500. The lowest BCUT2D eigenvalue weighted by Crippen LogP contribution is -2.21. The van der Waals surface area contributed by atoms with Crippen LogP contribution in [0.2, 0.25) is 0 Å². The molecule has 0 amide bonds. The molecule has 4 nitrogen and oxygen atoms in total. The summed E-state index contributed by atoms with van der Waals surface area (Å²) in [5, 5.41) is 0. The fourth-order valence-corrected chi connectivity index (χ4v) is 2.51. The predicted octanol–water partition coefficient (Wildman–Crippen LogP) is 2.89. The summed E-state index contributed by atoms with van der Waals surface area (Å²) < 4.78 is 11.0. The van der Waals surface area contributed by atoms with Crippen LogP contribution in [-0.2, 0) is 9.59 Å². The summed E-state index contributed by atoms with van der Waals surface area (Å²) in [5.41, 5.74) is 0.958. The summed E-state index contributed by atoms with van der Waals surface area (Å²) in [4.78, 5) is 23.1. The van der Waals surface area contributed by atoms with Crippen LogP contribution in [0.25, 0.3) is 0 Å². The van der Waals surface area contributed by atoms with Crippen molar-refractivity contribution >= 4 is 11.6 Å².